The highest BCUT2D eigenvalue weighted by molar-refractivity contribution is 5.68. The Labute approximate surface area is 345 Å². The van der Waals surface area contributed by atoms with Crippen molar-refractivity contribution in [3.63, 3.8) is 0 Å². The number of hydrogen-bond acceptors (Lipinski definition) is 24. The highest BCUT2D eigenvalue weighted by atomic mass is 15.2. The maximum Gasteiger partial charge on any atom is 0.233 e. The number of aromatic nitrogens is 12. The summed E-state index contributed by atoms with van der Waals surface area (Å²) < 4.78 is 0. The van der Waals surface area contributed by atoms with Gasteiger partial charge in [-0.1, -0.05) is 48.5 Å². The van der Waals surface area contributed by atoms with E-state index in [0.29, 0.717) is 22.7 Å². The molecule has 0 unspecified atom stereocenters. The van der Waals surface area contributed by atoms with Crippen LogP contribution in [0.25, 0.3) is 0 Å². The molecule has 0 radical (unpaired) electrons. The van der Waals surface area contributed by atoms with E-state index in [1.165, 1.54) is 0 Å². The predicted molar refractivity (Wildman–Crippen MR) is 232 cm³/mol. The first-order valence-corrected chi connectivity index (χ1v) is 18.0. The van der Waals surface area contributed by atoms with Crippen molar-refractivity contribution in [2.75, 3.05) is 67.1 Å². The van der Waals surface area contributed by atoms with E-state index < -0.39 is 5.41 Å². The summed E-state index contributed by atoms with van der Waals surface area (Å²) in [6, 6.07) is 31.1. The second-order valence-electron chi connectivity index (χ2n) is 13.1. The van der Waals surface area contributed by atoms with Gasteiger partial charge in [0.2, 0.25) is 71.4 Å². The van der Waals surface area contributed by atoms with Gasteiger partial charge in [-0.05, 0) is 70.8 Å². The summed E-state index contributed by atoms with van der Waals surface area (Å²) in [7, 11) is 0. The summed E-state index contributed by atoms with van der Waals surface area (Å²) in [5.41, 5.74) is 51.7. The van der Waals surface area contributed by atoms with Crippen molar-refractivity contribution in [1.29, 1.82) is 0 Å². The Morgan fingerprint density at radius 1 is 0.246 bits per heavy atom. The number of benzene rings is 4. The van der Waals surface area contributed by atoms with Gasteiger partial charge in [-0.2, -0.15) is 59.8 Å². The fourth-order valence-corrected chi connectivity index (χ4v) is 6.59. The Hall–Kier alpha value is -9.48. The van der Waals surface area contributed by atoms with E-state index in [0.717, 1.165) is 22.3 Å². The Kier molecular flexibility index (Phi) is 9.95. The summed E-state index contributed by atoms with van der Waals surface area (Å²) >= 11 is 0. The Morgan fingerprint density at radius 2 is 0.410 bits per heavy atom. The summed E-state index contributed by atoms with van der Waals surface area (Å²) in [5, 5.41) is 12.6. The van der Waals surface area contributed by atoms with E-state index in [-0.39, 0.29) is 71.4 Å². The zero-order valence-electron chi connectivity index (χ0n) is 31.7. The third kappa shape index (κ3) is 8.47. The van der Waals surface area contributed by atoms with Crippen LogP contribution in [0.1, 0.15) is 22.3 Å². The number of rotatable bonds is 12. The third-order valence-electron chi connectivity index (χ3n) is 8.98. The minimum Gasteiger partial charge on any atom is -0.368 e. The molecule has 0 atom stereocenters. The molecule has 4 heterocycles. The number of hydrogen-bond donors (Lipinski definition) is 12. The number of nitrogens with zero attached hydrogens (tertiary/aromatic N) is 12. The van der Waals surface area contributed by atoms with E-state index in [9.17, 15) is 0 Å². The van der Waals surface area contributed by atoms with Crippen molar-refractivity contribution < 1.29 is 0 Å². The van der Waals surface area contributed by atoms with Crippen molar-refractivity contribution in [2.24, 2.45) is 0 Å². The first kappa shape index (κ1) is 38.4. The van der Waals surface area contributed by atoms with Crippen LogP contribution in [0.4, 0.5) is 94.1 Å². The van der Waals surface area contributed by atoms with Crippen molar-refractivity contribution in [2.45, 2.75) is 5.41 Å². The molecule has 8 rings (SSSR count). The second kappa shape index (κ2) is 15.8. The lowest BCUT2D eigenvalue weighted by molar-refractivity contribution is 0.745. The summed E-state index contributed by atoms with van der Waals surface area (Å²) in [6.45, 7) is 0. The summed E-state index contributed by atoms with van der Waals surface area (Å²) in [6.07, 6.45) is 0. The van der Waals surface area contributed by atoms with E-state index in [1.54, 1.807) is 0 Å². The minimum atomic E-state index is -0.998. The monoisotopic (exact) mass is 816 g/mol. The van der Waals surface area contributed by atoms with Gasteiger partial charge < -0.3 is 67.1 Å². The van der Waals surface area contributed by atoms with E-state index in [2.05, 4.69) is 81.1 Å². The van der Waals surface area contributed by atoms with Crippen LogP contribution in [-0.2, 0) is 5.41 Å². The molecule has 0 aliphatic carbocycles. The molecular formula is C37H36N24. The molecule has 61 heavy (non-hydrogen) atoms. The van der Waals surface area contributed by atoms with Gasteiger partial charge in [0.25, 0.3) is 0 Å². The lowest BCUT2D eigenvalue weighted by Crippen LogP contribution is -2.31. The number of anilines is 16. The third-order valence-corrected chi connectivity index (χ3v) is 8.98. The average molecular weight is 817 g/mol. The van der Waals surface area contributed by atoms with Crippen molar-refractivity contribution >= 4 is 94.1 Å². The first-order chi connectivity index (χ1) is 29.4. The maximum atomic E-state index is 5.83. The molecule has 0 saturated heterocycles. The van der Waals surface area contributed by atoms with Crippen LogP contribution in [-0.4, -0.2) is 59.8 Å². The zero-order chi connectivity index (χ0) is 42.7. The quantitative estimate of drug-likeness (QED) is 0.0787. The predicted octanol–water partition coefficient (Wildman–Crippen LogP) is 2.44. The largest absolute Gasteiger partial charge is 0.368 e. The summed E-state index contributed by atoms with van der Waals surface area (Å²) in [4.78, 5) is 48.6. The summed E-state index contributed by atoms with van der Waals surface area (Å²) in [5.74, 6) is 0.562. The fraction of sp³-hybridized carbons (Fsp3) is 0.0270. The van der Waals surface area contributed by atoms with Gasteiger partial charge in [0.05, 0.1) is 5.41 Å². The first-order valence-electron chi connectivity index (χ1n) is 18.0. The van der Waals surface area contributed by atoms with Gasteiger partial charge in [-0.25, -0.2) is 0 Å². The Morgan fingerprint density at radius 3 is 0.574 bits per heavy atom. The molecule has 0 spiro atoms. The van der Waals surface area contributed by atoms with Crippen molar-refractivity contribution in [3.05, 3.63) is 119 Å². The smallest absolute Gasteiger partial charge is 0.233 e. The molecule has 0 aliphatic heterocycles. The highest BCUT2D eigenvalue weighted by Gasteiger charge is 2.38. The molecule has 0 aliphatic rings. The van der Waals surface area contributed by atoms with E-state index in [1.807, 2.05) is 97.1 Å². The number of nitrogens with two attached hydrogens (primary N) is 8. The van der Waals surface area contributed by atoms with Gasteiger partial charge >= 0.3 is 0 Å². The molecule has 4 aromatic carbocycles. The van der Waals surface area contributed by atoms with Crippen LogP contribution in [0.3, 0.4) is 0 Å². The highest BCUT2D eigenvalue weighted by Crippen LogP contribution is 2.46. The molecule has 0 saturated carbocycles. The molecule has 4 aromatic heterocycles. The second-order valence-corrected chi connectivity index (χ2v) is 13.1. The molecule has 8 aromatic rings. The number of nitrogens with one attached hydrogen (secondary N) is 4. The molecule has 24 heteroatoms. The lowest BCUT2D eigenvalue weighted by atomic mass is 9.65. The van der Waals surface area contributed by atoms with E-state index >= 15 is 0 Å². The van der Waals surface area contributed by atoms with Gasteiger partial charge in [-0.3, -0.25) is 0 Å². The van der Waals surface area contributed by atoms with Crippen LogP contribution in [0, 0.1) is 0 Å². The van der Waals surface area contributed by atoms with Gasteiger partial charge in [0.1, 0.15) is 0 Å². The topological polar surface area (TPSA) is 411 Å². The van der Waals surface area contributed by atoms with Gasteiger partial charge in [0.15, 0.2) is 0 Å². The number of nitrogen functional groups attached to an aromatic ring is 8. The van der Waals surface area contributed by atoms with Crippen molar-refractivity contribution in [1.82, 2.24) is 59.8 Å². The van der Waals surface area contributed by atoms with Crippen LogP contribution in [0.5, 0.6) is 0 Å². The molecule has 24 nitrogen and oxygen atoms in total. The van der Waals surface area contributed by atoms with Crippen molar-refractivity contribution in [3.8, 4) is 0 Å². The van der Waals surface area contributed by atoms with Crippen LogP contribution in [0.15, 0.2) is 97.1 Å². The fourth-order valence-electron chi connectivity index (χ4n) is 6.59. The van der Waals surface area contributed by atoms with Gasteiger partial charge in [0, 0.05) is 22.7 Å². The Bertz CT molecular complexity index is 2360. The zero-order valence-corrected chi connectivity index (χ0v) is 31.7. The molecule has 0 amide bonds. The van der Waals surface area contributed by atoms with Crippen LogP contribution >= 0.6 is 0 Å². The van der Waals surface area contributed by atoms with E-state index in [4.69, 9.17) is 45.9 Å². The molecule has 304 valence electrons. The van der Waals surface area contributed by atoms with Crippen LogP contribution in [0.2, 0.25) is 0 Å². The molecule has 0 fully saturated rings. The SMILES string of the molecule is Nc1nc(N)nc(Nc2ccc(C(c3ccc(Nc4nc(N)nc(N)n4)cc3)(c3ccc(Nc4nc(N)nc(N)n4)cc3)c3ccc(Nc4nc(N)nc(N)n4)cc3)cc2)n1. The van der Waals surface area contributed by atoms with Crippen LogP contribution < -0.4 is 67.1 Å². The normalized spacial score (nSPS) is 11.1. The maximum absolute atomic E-state index is 5.83. The molecular weight excluding hydrogens is 781 g/mol. The van der Waals surface area contributed by atoms with Gasteiger partial charge in [-0.15, -0.1) is 0 Å². The molecule has 20 N–H and O–H groups in total. The standard InChI is InChI=1S/C37H36N24/c38-25-50-26(39)55-33(54-25)46-21-9-1-17(2-10-21)37(18-3-11-22(12-4-18)47-34-56-27(40)51-28(41)57-34,19-5-13-23(14-6-19)48-35-58-29(42)52-30(43)59-35)20-7-15-24(16-8-20)49-36-60-31(44)53-32(45)61-36/h1-16H,(H5,38,39,46,50,54,55)(H5,40,41,47,51,56,57)(H5,42,43,48,52,58,59)(H5,44,45,49,53,60,61). The molecule has 0 bridgehead atoms. The Balaban J connectivity index is 1.26. The average Bonchev–Trinajstić information content (AvgIpc) is 3.19. The lowest BCUT2D eigenvalue weighted by Gasteiger charge is -2.37. The minimum absolute atomic E-state index is 0.0215.